The number of anilines is 1. The fourth-order valence-electron chi connectivity index (χ4n) is 3.49. The van der Waals surface area contributed by atoms with Gasteiger partial charge in [0.1, 0.15) is 5.75 Å². The fourth-order valence-corrected chi connectivity index (χ4v) is 3.49. The molecule has 0 aliphatic carbocycles. The first-order valence-corrected chi connectivity index (χ1v) is 9.32. The molecule has 27 heavy (non-hydrogen) atoms. The van der Waals surface area contributed by atoms with Crippen molar-refractivity contribution in [1.29, 1.82) is 0 Å². The van der Waals surface area contributed by atoms with E-state index in [0.29, 0.717) is 0 Å². The highest BCUT2D eigenvalue weighted by Crippen LogP contribution is 2.31. The molecule has 0 radical (unpaired) electrons. The van der Waals surface area contributed by atoms with Crippen LogP contribution in [-0.4, -0.2) is 38.4 Å². The molecule has 0 unspecified atom stereocenters. The largest absolute Gasteiger partial charge is 0.496 e. The maximum absolute atomic E-state index is 5.54. The average molecular weight is 360 g/mol. The predicted molar refractivity (Wildman–Crippen MR) is 109 cm³/mol. The van der Waals surface area contributed by atoms with Gasteiger partial charge in [-0.15, -0.1) is 0 Å². The number of aromatic nitrogens is 1. The lowest BCUT2D eigenvalue weighted by atomic mass is 9.99. The van der Waals surface area contributed by atoms with E-state index in [4.69, 9.17) is 9.47 Å². The van der Waals surface area contributed by atoms with E-state index in [2.05, 4.69) is 52.3 Å². The molecule has 1 fully saturated rings. The topological polar surface area (TPSA) is 34.6 Å². The van der Waals surface area contributed by atoms with Crippen molar-refractivity contribution < 1.29 is 9.47 Å². The molecule has 4 nitrogen and oxygen atoms in total. The van der Waals surface area contributed by atoms with Gasteiger partial charge in [-0.2, -0.15) is 0 Å². The molecule has 1 aliphatic rings. The smallest absolute Gasteiger partial charge is 0.126 e. The summed E-state index contributed by atoms with van der Waals surface area (Å²) >= 11 is 0. The number of hydrogen-bond acceptors (Lipinski definition) is 4. The Balaban J connectivity index is 1.54. The van der Waals surface area contributed by atoms with Crippen LogP contribution in [0.15, 0.2) is 67.0 Å². The first kappa shape index (κ1) is 17.6. The molecule has 0 N–H and O–H groups in total. The molecule has 0 spiro atoms. The van der Waals surface area contributed by atoms with Gasteiger partial charge < -0.3 is 14.4 Å². The van der Waals surface area contributed by atoms with Gasteiger partial charge in [-0.25, -0.2) is 0 Å². The summed E-state index contributed by atoms with van der Waals surface area (Å²) in [4.78, 5) is 6.61. The summed E-state index contributed by atoms with van der Waals surface area (Å²) in [6.45, 7) is 3.55. The molecule has 1 aromatic heterocycles. The minimum Gasteiger partial charge on any atom is -0.496 e. The number of nitrogens with zero attached hydrogens (tertiary/aromatic N) is 2. The van der Waals surface area contributed by atoms with E-state index < -0.39 is 0 Å². The molecule has 4 rings (SSSR count). The van der Waals surface area contributed by atoms with Crippen LogP contribution >= 0.6 is 0 Å². The summed E-state index contributed by atoms with van der Waals surface area (Å²) in [7, 11) is 1.71. The molecule has 0 bridgehead atoms. The molecule has 0 saturated carbocycles. The molecule has 4 heteroatoms. The van der Waals surface area contributed by atoms with Crippen LogP contribution in [0, 0.1) is 0 Å². The second kappa shape index (κ2) is 8.23. The third-order valence-electron chi connectivity index (χ3n) is 4.96. The molecular formula is C23H24N2O2. The van der Waals surface area contributed by atoms with Gasteiger partial charge in [0.2, 0.25) is 0 Å². The van der Waals surface area contributed by atoms with Crippen LogP contribution in [-0.2, 0) is 11.2 Å². The summed E-state index contributed by atoms with van der Waals surface area (Å²) in [5.74, 6) is 0.870. The second-order valence-electron chi connectivity index (χ2n) is 6.72. The predicted octanol–water partition coefficient (Wildman–Crippen LogP) is 4.18. The van der Waals surface area contributed by atoms with Gasteiger partial charge in [0.25, 0.3) is 0 Å². The Morgan fingerprint density at radius 3 is 2.48 bits per heavy atom. The Kier molecular flexibility index (Phi) is 5.35. The van der Waals surface area contributed by atoms with Gasteiger partial charge in [-0.05, 0) is 47.9 Å². The lowest BCUT2D eigenvalue weighted by molar-refractivity contribution is 0.122. The third-order valence-corrected chi connectivity index (χ3v) is 4.96. The quantitative estimate of drug-likeness (QED) is 0.683. The highest BCUT2D eigenvalue weighted by Gasteiger charge is 2.11. The Bertz CT molecular complexity index is 873. The first-order valence-electron chi connectivity index (χ1n) is 9.32. The highest BCUT2D eigenvalue weighted by molar-refractivity contribution is 5.70. The molecular weight excluding hydrogens is 336 g/mol. The standard InChI is InChI=1S/C23H24N2O2/c1-26-23-9-6-19(16-22(23)20-3-2-10-24-17-20)15-18-4-7-21(8-5-18)25-11-13-27-14-12-25/h2-10,16-17H,11-15H2,1H3. The van der Waals surface area contributed by atoms with Crippen LogP contribution in [0.4, 0.5) is 5.69 Å². The molecule has 3 aromatic rings. The Morgan fingerprint density at radius 1 is 1.00 bits per heavy atom. The number of benzene rings is 2. The second-order valence-corrected chi connectivity index (χ2v) is 6.72. The van der Waals surface area contributed by atoms with Gasteiger partial charge in [-0.1, -0.05) is 24.3 Å². The van der Waals surface area contributed by atoms with E-state index in [-0.39, 0.29) is 0 Å². The van der Waals surface area contributed by atoms with Gasteiger partial charge >= 0.3 is 0 Å². The van der Waals surface area contributed by atoms with Gasteiger partial charge in [0, 0.05) is 42.3 Å². The number of methoxy groups -OCH3 is 1. The maximum Gasteiger partial charge on any atom is 0.126 e. The van der Waals surface area contributed by atoms with Crippen molar-refractivity contribution in [3.63, 3.8) is 0 Å². The van der Waals surface area contributed by atoms with Crippen molar-refractivity contribution in [1.82, 2.24) is 4.98 Å². The van der Waals surface area contributed by atoms with E-state index >= 15 is 0 Å². The lowest BCUT2D eigenvalue weighted by Crippen LogP contribution is -2.36. The maximum atomic E-state index is 5.54. The van der Waals surface area contributed by atoms with E-state index in [1.54, 1.807) is 13.3 Å². The van der Waals surface area contributed by atoms with Crippen molar-refractivity contribution in [2.75, 3.05) is 38.3 Å². The number of morpholine rings is 1. The normalized spacial score (nSPS) is 14.2. The van der Waals surface area contributed by atoms with E-state index in [0.717, 1.165) is 49.6 Å². The van der Waals surface area contributed by atoms with Crippen molar-refractivity contribution >= 4 is 5.69 Å². The van der Waals surface area contributed by atoms with Crippen LogP contribution in [0.1, 0.15) is 11.1 Å². The number of rotatable bonds is 5. The van der Waals surface area contributed by atoms with Gasteiger partial charge in [-0.3, -0.25) is 4.98 Å². The van der Waals surface area contributed by atoms with E-state index in [1.807, 2.05) is 18.3 Å². The fraction of sp³-hybridized carbons (Fsp3) is 0.261. The lowest BCUT2D eigenvalue weighted by Gasteiger charge is -2.28. The van der Waals surface area contributed by atoms with Crippen molar-refractivity contribution in [2.45, 2.75) is 6.42 Å². The molecule has 1 saturated heterocycles. The highest BCUT2D eigenvalue weighted by atomic mass is 16.5. The molecule has 2 aromatic carbocycles. The first-order chi connectivity index (χ1) is 13.3. The van der Waals surface area contributed by atoms with E-state index in [1.165, 1.54) is 16.8 Å². The van der Waals surface area contributed by atoms with Crippen LogP contribution in [0.3, 0.4) is 0 Å². The zero-order valence-corrected chi connectivity index (χ0v) is 15.6. The van der Waals surface area contributed by atoms with Crippen molar-refractivity contribution in [3.05, 3.63) is 78.1 Å². The number of pyridine rings is 1. The van der Waals surface area contributed by atoms with Crippen LogP contribution in [0.2, 0.25) is 0 Å². The van der Waals surface area contributed by atoms with Crippen molar-refractivity contribution in [3.8, 4) is 16.9 Å². The molecule has 2 heterocycles. The van der Waals surface area contributed by atoms with Crippen molar-refractivity contribution in [2.24, 2.45) is 0 Å². The minimum absolute atomic E-state index is 0.810. The van der Waals surface area contributed by atoms with Gasteiger partial charge in [0.05, 0.1) is 20.3 Å². The average Bonchev–Trinajstić information content (AvgIpc) is 2.75. The van der Waals surface area contributed by atoms with Crippen LogP contribution < -0.4 is 9.64 Å². The van der Waals surface area contributed by atoms with Crippen LogP contribution in [0.25, 0.3) is 11.1 Å². The Morgan fingerprint density at radius 2 is 1.78 bits per heavy atom. The summed E-state index contributed by atoms with van der Waals surface area (Å²) in [5, 5.41) is 0. The zero-order valence-electron chi connectivity index (χ0n) is 15.6. The SMILES string of the molecule is COc1ccc(Cc2ccc(N3CCOCC3)cc2)cc1-c1cccnc1. The minimum atomic E-state index is 0.810. The number of hydrogen-bond donors (Lipinski definition) is 0. The Labute approximate surface area is 160 Å². The molecule has 0 amide bonds. The summed E-state index contributed by atoms with van der Waals surface area (Å²) < 4.78 is 11.0. The van der Waals surface area contributed by atoms with E-state index in [9.17, 15) is 0 Å². The number of ether oxygens (including phenoxy) is 2. The zero-order chi connectivity index (χ0) is 18.5. The summed E-state index contributed by atoms with van der Waals surface area (Å²) in [6.07, 6.45) is 4.55. The molecule has 1 aliphatic heterocycles. The molecule has 138 valence electrons. The third kappa shape index (κ3) is 4.12. The van der Waals surface area contributed by atoms with Crippen LogP contribution in [0.5, 0.6) is 5.75 Å². The summed E-state index contributed by atoms with van der Waals surface area (Å²) in [6, 6.07) is 19.3. The molecule has 0 atom stereocenters. The Hall–Kier alpha value is -2.85. The monoisotopic (exact) mass is 360 g/mol. The van der Waals surface area contributed by atoms with Gasteiger partial charge in [0.15, 0.2) is 0 Å². The summed E-state index contributed by atoms with van der Waals surface area (Å²) in [5.41, 5.74) is 5.97.